The Morgan fingerprint density at radius 3 is 2.29 bits per heavy atom. The predicted octanol–water partition coefficient (Wildman–Crippen LogP) is 10.1. The molecule has 11 nitrogen and oxygen atoms in total. The van der Waals surface area contributed by atoms with Gasteiger partial charge in [0.25, 0.3) is 5.91 Å². The van der Waals surface area contributed by atoms with Gasteiger partial charge < -0.3 is 15.5 Å². The van der Waals surface area contributed by atoms with Crippen LogP contribution in [0, 0.1) is 38.9 Å². The first-order chi connectivity index (χ1) is 29.9. The molecule has 6 aromatic rings. The van der Waals surface area contributed by atoms with E-state index in [-0.39, 0.29) is 40.0 Å². The molecule has 2 aliphatic heterocycles. The van der Waals surface area contributed by atoms with E-state index in [1.807, 2.05) is 103 Å². The van der Waals surface area contributed by atoms with Crippen molar-refractivity contribution in [2.45, 2.75) is 99.3 Å². The summed E-state index contributed by atoms with van der Waals surface area (Å²) in [5.41, 5.74) is 8.56. The number of aliphatic imine (C=N–C) groups is 1. The number of halogens is 2. The molecule has 3 aromatic carbocycles. The number of fused-ring (bicyclic) bond motifs is 3. The van der Waals surface area contributed by atoms with E-state index in [0.717, 1.165) is 66.8 Å². The van der Waals surface area contributed by atoms with E-state index in [0.29, 0.717) is 24.9 Å². The van der Waals surface area contributed by atoms with Gasteiger partial charge in [-0.05, 0) is 94.2 Å². The topological polar surface area (TPSA) is 134 Å². The highest BCUT2D eigenvalue weighted by Crippen LogP contribution is 2.39. The first-order valence-electron chi connectivity index (χ1n) is 21.0. The van der Waals surface area contributed by atoms with Crippen molar-refractivity contribution in [3.63, 3.8) is 0 Å². The molecular weight excluding hydrogens is 855 g/mol. The summed E-state index contributed by atoms with van der Waals surface area (Å²) < 4.78 is 18.2. The molecule has 63 heavy (non-hydrogen) atoms. The average Bonchev–Trinajstić information content (AvgIpc) is 4.05. The standard InChI is InChI=1S/C48H50ClFN8O3S2/c1-24-28(5)63-47-39(24)40(52-27(4)43-56-55-29(6)58(43)47)32-16-14-31(15-17-32)34-21-36(49)35(22-37(34)50)44(59)54-42(48(7,8)9)46(61)57-20-10-11-38(57)45(60)53-25(2)30-12-18-33(19-13-30)41-26(3)51-23-62-41/h12-19,21-23,25,27,38,42H,10-11,20H2,1-9H3,(H,53,60)(H,54,59). The third-order valence-electron chi connectivity index (χ3n) is 12.1. The van der Waals surface area contributed by atoms with Crippen molar-refractivity contribution in [1.29, 1.82) is 0 Å². The fourth-order valence-electron chi connectivity index (χ4n) is 8.45. The van der Waals surface area contributed by atoms with Crippen molar-refractivity contribution < 1.29 is 18.8 Å². The van der Waals surface area contributed by atoms with Crippen LogP contribution in [0.1, 0.15) is 114 Å². The number of thiophene rings is 1. The lowest BCUT2D eigenvalue weighted by Gasteiger charge is -2.35. The summed E-state index contributed by atoms with van der Waals surface area (Å²) in [6, 6.07) is 15.8. The fourth-order valence-corrected chi connectivity index (χ4v) is 10.7. The van der Waals surface area contributed by atoms with E-state index in [2.05, 4.69) is 44.2 Å². The Morgan fingerprint density at radius 2 is 1.62 bits per heavy atom. The van der Waals surface area contributed by atoms with Gasteiger partial charge in [0, 0.05) is 28.1 Å². The Balaban J connectivity index is 0.973. The number of carbonyl (C=O) groups is 3. The van der Waals surface area contributed by atoms with Crippen LogP contribution in [0.25, 0.3) is 26.6 Å². The molecule has 8 rings (SSSR count). The highest BCUT2D eigenvalue weighted by Gasteiger charge is 2.42. The highest BCUT2D eigenvalue weighted by molar-refractivity contribution is 7.15. The molecule has 0 spiro atoms. The number of aromatic nitrogens is 4. The normalized spacial score (nSPS) is 17.1. The Morgan fingerprint density at radius 1 is 0.937 bits per heavy atom. The molecule has 1 saturated heterocycles. The van der Waals surface area contributed by atoms with Crippen molar-refractivity contribution in [3.05, 3.63) is 127 Å². The van der Waals surface area contributed by atoms with Gasteiger partial charge in [-0.2, -0.15) is 0 Å². The number of amides is 3. The monoisotopic (exact) mass is 904 g/mol. The highest BCUT2D eigenvalue weighted by atomic mass is 35.5. The minimum Gasteiger partial charge on any atom is -0.348 e. The maximum Gasteiger partial charge on any atom is 0.253 e. The van der Waals surface area contributed by atoms with Crippen molar-refractivity contribution in [1.82, 2.24) is 35.3 Å². The number of nitrogens with zero attached hydrogens (tertiary/aromatic N) is 6. The molecule has 4 unspecified atom stereocenters. The number of hydrogen-bond donors (Lipinski definition) is 2. The number of hydrogen-bond acceptors (Lipinski definition) is 9. The van der Waals surface area contributed by atoms with Crippen LogP contribution in [-0.4, -0.2) is 66.7 Å². The molecule has 15 heteroatoms. The van der Waals surface area contributed by atoms with E-state index in [1.54, 1.807) is 27.6 Å². The molecule has 0 radical (unpaired) electrons. The molecule has 3 amide bonds. The first kappa shape index (κ1) is 44.1. The second-order valence-electron chi connectivity index (χ2n) is 17.5. The van der Waals surface area contributed by atoms with Gasteiger partial charge in [0.15, 0.2) is 5.82 Å². The van der Waals surface area contributed by atoms with Crippen LogP contribution in [0.4, 0.5) is 4.39 Å². The Bertz CT molecular complexity index is 2790. The Hall–Kier alpha value is -5.57. The summed E-state index contributed by atoms with van der Waals surface area (Å²) in [6.45, 7) is 17.9. The molecule has 4 atom stereocenters. The summed E-state index contributed by atoms with van der Waals surface area (Å²) in [5.74, 6) is -0.416. The summed E-state index contributed by atoms with van der Waals surface area (Å²) in [7, 11) is 0. The van der Waals surface area contributed by atoms with Gasteiger partial charge in [0.2, 0.25) is 11.8 Å². The van der Waals surface area contributed by atoms with Gasteiger partial charge in [-0.25, -0.2) is 9.37 Å². The molecular formula is C48H50ClFN8O3S2. The molecule has 0 saturated carbocycles. The van der Waals surface area contributed by atoms with Gasteiger partial charge in [-0.3, -0.25) is 23.9 Å². The molecule has 0 bridgehead atoms. The average molecular weight is 906 g/mol. The molecule has 326 valence electrons. The number of aryl methyl sites for hydroxylation is 3. The molecule has 3 aromatic heterocycles. The zero-order valence-electron chi connectivity index (χ0n) is 36.8. The minimum atomic E-state index is -1.03. The molecule has 2 N–H and O–H groups in total. The van der Waals surface area contributed by atoms with Gasteiger partial charge in [-0.15, -0.1) is 32.9 Å². The number of benzene rings is 3. The minimum absolute atomic E-state index is 0.0325. The fraction of sp³-hybridized carbons (Fsp3) is 0.354. The van der Waals surface area contributed by atoms with Crippen molar-refractivity contribution >= 4 is 57.7 Å². The van der Waals surface area contributed by atoms with E-state index < -0.39 is 29.2 Å². The van der Waals surface area contributed by atoms with Crippen LogP contribution >= 0.6 is 34.3 Å². The summed E-state index contributed by atoms with van der Waals surface area (Å²) in [6.07, 6.45) is 1.12. The van der Waals surface area contributed by atoms with Crippen LogP contribution < -0.4 is 10.6 Å². The third kappa shape index (κ3) is 8.36. The number of likely N-dealkylation sites (tertiary alicyclic amines) is 1. The maximum atomic E-state index is 16.1. The second-order valence-corrected chi connectivity index (χ2v) is 20.0. The first-order valence-corrected chi connectivity index (χ1v) is 23.1. The van der Waals surface area contributed by atoms with E-state index in [1.165, 1.54) is 10.9 Å². The van der Waals surface area contributed by atoms with Crippen molar-refractivity contribution in [2.75, 3.05) is 6.54 Å². The van der Waals surface area contributed by atoms with Crippen LogP contribution in [0.5, 0.6) is 0 Å². The molecule has 5 heterocycles. The van der Waals surface area contributed by atoms with Crippen molar-refractivity contribution in [2.24, 2.45) is 10.4 Å². The number of nitrogens with one attached hydrogen (secondary N) is 2. The van der Waals surface area contributed by atoms with Crippen molar-refractivity contribution in [3.8, 4) is 26.6 Å². The quantitative estimate of drug-likeness (QED) is 0.148. The smallest absolute Gasteiger partial charge is 0.253 e. The second kappa shape index (κ2) is 17.2. The third-order valence-corrected chi connectivity index (χ3v) is 14.6. The number of carbonyl (C=O) groups excluding carboxylic acids is 3. The number of rotatable bonds is 9. The van der Waals surface area contributed by atoms with Crippen LogP contribution in [0.2, 0.25) is 5.02 Å². The SMILES string of the molecule is Cc1ncsc1-c1ccc(C(C)NC(=O)C2CCCN2C(=O)C(NC(=O)c2cc(F)c(-c3ccc(C4=NC(C)c5nnc(C)n5-c5sc(C)c(C)c54)cc3)cc2Cl)C(C)(C)C)cc1. The largest absolute Gasteiger partial charge is 0.348 e. The van der Waals surface area contributed by atoms with Gasteiger partial charge in [0.1, 0.15) is 34.8 Å². The Labute approximate surface area is 379 Å². The summed E-state index contributed by atoms with van der Waals surface area (Å²) in [5, 5.41) is 15.8. The van der Waals surface area contributed by atoms with Gasteiger partial charge in [0.05, 0.1) is 38.4 Å². The predicted molar refractivity (Wildman–Crippen MR) is 249 cm³/mol. The zero-order valence-corrected chi connectivity index (χ0v) is 39.2. The van der Waals surface area contributed by atoms with Crippen LogP contribution in [-0.2, 0) is 9.59 Å². The van der Waals surface area contributed by atoms with E-state index in [4.69, 9.17) is 16.6 Å². The summed E-state index contributed by atoms with van der Waals surface area (Å²) >= 11 is 10.0. The summed E-state index contributed by atoms with van der Waals surface area (Å²) in [4.78, 5) is 55.3. The molecule has 0 aliphatic carbocycles. The maximum absolute atomic E-state index is 16.1. The van der Waals surface area contributed by atoms with Gasteiger partial charge >= 0.3 is 0 Å². The number of thiazole rings is 1. The lowest BCUT2D eigenvalue weighted by Crippen LogP contribution is -2.57. The van der Waals surface area contributed by atoms with Crippen LogP contribution in [0.15, 0.2) is 71.2 Å². The zero-order chi connectivity index (χ0) is 45.1. The Kier molecular flexibility index (Phi) is 12.0. The van der Waals surface area contributed by atoms with Gasteiger partial charge in [-0.1, -0.05) is 80.9 Å². The molecule has 1 fully saturated rings. The van der Waals surface area contributed by atoms with E-state index >= 15 is 4.39 Å². The lowest BCUT2D eigenvalue weighted by molar-refractivity contribution is -0.142. The van der Waals surface area contributed by atoms with E-state index in [9.17, 15) is 14.4 Å². The van der Waals surface area contributed by atoms with Crippen LogP contribution in [0.3, 0.4) is 0 Å². The molecule has 2 aliphatic rings. The lowest BCUT2D eigenvalue weighted by atomic mass is 9.85.